The van der Waals surface area contributed by atoms with Crippen LogP contribution in [0.4, 0.5) is 0 Å². The molecule has 1 aliphatic carbocycles. The average molecular weight is 512 g/mol. The normalized spacial score (nSPS) is 20.6. The van der Waals surface area contributed by atoms with Crippen molar-refractivity contribution in [3.8, 4) is 22.5 Å². The van der Waals surface area contributed by atoms with E-state index in [9.17, 15) is 9.59 Å². The first-order chi connectivity index (χ1) is 17.1. The third-order valence-electron chi connectivity index (χ3n) is 7.22. The van der Waals surface area contributed by atoms with Crippen LogP contribution in [-0.2, 0) is 4.74 Å². The first kappa shape index (κ1) is 26.2. The van der Waals surface area contributed by atoms with Gasteiger partial charge in [0.15, 0.2) is 0 Å². The Kier molecular flexibility index (Phi) is 8.67. The van der Waals surface area contributed by atoms with E-state index in [1.165, 1.54) is 0 Å². The van der Waals surface area contributed by atoms with Gasteiger partial charge in [-0.2, -0.15) is 0 Å². The largest absolute Gasteiger partial charge is 0.464 e. The van der Waals surface area contributed by atoms with Crippen LogP contribution in [0.25, 0.3) is 22.5 Å². The Morgan fingerprint density at radius 3 is 2.58 bits per heavy atom. The van der Waals surface area contributed by atoms with Crippen molar-refractivity contribution in [2.45, 2.75) is 32.2 Å². The lowest BCUT2D eigenvalue weighted by Gasteiger charge is -2.44. The Hall–Kier alpha value is -2.87. The molecule has 1 aromatic rings. The Morgan fingerprint density at radius 2 is 1.89 bits per heavy atom. The molecule has 2 N–H and O–H groups in total. The topological polar surface area (TPSA) is 83.8 Å². The van der Waals surface area contributed by atoms with Gasteiger partial charge in [0.25, 0.3) is 11.8 Å². The highest BCUT2D eigenvalue weighted by molar-refractivity contribution is 6.07. The van der Waals surface area contributed by atoms with Crippen LogP contribution >= 0.6 is 12.4 Å². The highest BCUT2D eigenvalue weighted by atomic mass is 35.5. The van der Waals surface area contributed by atoms with Crippen molar-refractivity contribution in [1.29, 1.82) is 0 Å². The number of piperidine rings is 3. The molecular formula is C28H34ClN3O4. The van der Waals surface area contributed by atoms with E-state index in [0.29, 0.717) is 42.6 Å². The molecule has 0 spiro atoms. The molecular weight excluding hydrogens is 478 g/mol. The van der Waals surface area contributed by atoms with Crippen LogP contribution in [0.3, 0.4) is 0 Å². The molecule has 0 aromatic heterocycles. The van der Waals surface area contributed by atoms with Gasteiger partial charge in [0, 0.05) is 49.0 Å². The van der Waals surface area contributed by atoms with Crippen molar-refractivity contribution in [1.82, 2.24) is 15.5 Å². The fourth-order valence-corrected chi connectivity index (χ4v) is 5.34. The van der Waals surface area contributed by atoms with E-state index in [4.69, 9.17) is 9.15 Å². The van der Waals surface area contributed by atoms with Gasteiger partial charge in [0.2, 0.25) is 0 Å². The average Bonchev–Trinajstić information content (AvgIpc) is 3.29. The number of ether oxygens (including phenoxy) is 1. The van der Waals surface area contributed by atoms with E-state index < -0.39 is 0 Å². The van der Waals surface area contributed by atoms with Crippen LogP contribution in [-0.4, -0.2) is 62.1 Å². The molecule has 5 aliphatic rings. The minimum Gasteiger partial charge on any atom is -0.464 e. The van der Waals surface area contributed by atoms with Crippen molar-refractivity contribution < 1.29 is 18.7 Å². The van der Waals surface area contributed by atoms with Crippen LogP contribution < -0.4 is 10.6 Å². The van der Waals surface area contributed by atoms with Gasteiger partial charge in [0.05, 0.1) is 11.8 Å². The summed E-state index contributed by atoms with van der Waals surface area (Å²) in [5.74, 6) is 1.04. The van der Waals surface area contributed by atoms with E-state index in [0.717, 1.165) is 55.6 Å². The Labute approximate surface area is 218 Å². The number of hydrogen-bond donors (Lipinski definition) is 2. The second kappa shape index (κ2) is 11.9. The molecule has 7 nitrogen and oxygen atoms in total. The van der Waals surface area contributed by atoms with Crippen LogP contribution in [0.2, 0.25) is 0 Å². The number of amides is 2. The summed E-state index contributed by atoms with van der Waals surface area (Å²) >= 11 is 0. The van der Waals surface area contributed by atoms with Gasteiger partial charge < -0.3 is 24.7 Å². The molecule has 2 amide bonds. The van der Waals surface area contributed by atoms with Crippen LogP contribution in [0.1, 0.15) is 46.9 Å². The van der Waals surface area contributed by atoms with Crippen molar-refractivity contribution in [2.75, 3.05) is 39.4 Å². The Bertz CT molecular complexity index is 1140. The molecule has 0 saturated carbocycles. The highest BCUT2D eigenvalue weighted by Crippen LogP contribution is 2.40. The van der Waals surface area contributed by atoms with Gasteiger partial charge in [-0.25, -0.2) is 0 Å². The molecule has 0 radical (unpaired) electrons. The van der Waals surface area contributed by atoms with Gasteiger partial charge >= 0.3 is 0 Å². The summed E-state index contributed by atoms with van der Waals surface area (Å²) in [6, 6.07) is 13.2. The van der Waals surface area contributed by atoms with E-state index in [1.807, 2.05) is 37.3 Å². The van der Waals surface area contributed by atoms with Crippen molar-refractivity contribution >= 4 is 24.2 Å². The third kappa shape index (κ3) is 5.59. The summed E-state index contributed by atoms with van der Waals surface area (Å²) in [6.07, 6.45) is 4.69. The standard InChI is InChI=1S/C28H33N3O4.ClH/c1-2-34-15-4-12-29-27(32)21-8-6-20(7-9-21)26-22-5-3-16-35-25(22)17-23(26)28(33)30-24-18-31-13-10-19(24)11-14-31;/h3,5-9,16-17,19,24H,2,4,10-15,18H2,1H3,(H,29,32)(H,30,33);1H/t24-;/m1./s1. The number of carbonyl (C=O) groups excluding carboxylic acids is 2. The summed E-state index contributed by atoms with van der Waals surface area (Å²) < 4.78 is 11.0. The van der Waals surface area contributed by atoms with Crippen molar-refractivity contribution in [3.63, 3.8) is 0 Å². The SMILES string of the molecule is CCOCCCNC(=O)c1ccc(-c2c(C(=O)N[C@@H]3CN4CCC3CC4)cc3occcc2-3)cc1.Cl. The molecule has 1 aromatic carbocycles. The van der Waals surface area contributed by atoms with Crippen LogP contribution in [0, 0.1) is 5.92 Å². The number of rotatable bonds is 9. The molecule has 192 valence electrons. The first-order valence-electron chi connectivity index (χ1n) is 12.6. The Morgan fingerprint density at radius 1 is 1.11 bits per heavy atom. The number of fused-ring (bicyclic) bond motifs is 4. The highest BCUT2D eigenvalue weighted by Gasteiger charge is 2.36. The number of hydrogen-bond acceptors (Lipinski definition) is 5. The molecule has 36 heavy (non-hydrogen) atoms. The van der Waals surface area contributed by atoms with E-state index in [-0.39, 0.29) is 30.3 Å². The summed E-state index contributed by atoms with van der Waals surface area (Å²) in [4.78, 5) is 28.4. The summed E-state index contributed by atoms with van der Waals surface area (Å²) in [5.41, 5.74) is 3.81. The summed E-state index contributed by atoms with van der Waals surface area (Å²) in [6.45, 7) is 7.02. The van der Waals surface area contributed by atoms with Gasteiger partial charge in [0.1, 0.15) is 5.76 Å². The smallest absolute Gasteiger partial charge is 0.252 e. The van der Waals surface area contributed by atoms with Crippen LogP contribution in [0.15, 0.2) is 53.1 Å². The molecule has 1 atom stereocenters. The zero-order valence-corrected chi connectivity index (χ0v) is 21.4. The molecule has 4 aliphatic heterocycles. The lowest BCUT2D eigenvalue weighted by Crippen LogP contribution is -2.57. The molecule has 3 fully saturated rings. The maximum atomic E-state index is 13.5. The minimum atomic E-state index is -0.115. The first-order valence-corrected chi connectivity index (χ1v) is 12.6. The summed E-state index contributed by atoms with van der Waals surface area (Å²) in [5, 5.41) is 6.24. The number of carbonyl (C=O) groups is 2. The van der Waals surface area contributed by atoms with Crippen molar-refractivity contribution in [2.24, 2.45) is 5.92 Å². The molecule has 0 unspecified atom stereocenters. The lowest BCUT2D eigenvalue weighted by molar-refractivity contribution is 0.0621. The number of nitrogens with one attached hydrogen (secondary N) is 2. The maximum Gasteiger partial charge on any atom is 0.252 e. The van der Waals surface area contributed by atoms with E-state index >= 15 is 0 Å². The lowest BCUT2D eigenvalue weighted by atomic mass is 9.84. The molecule has 6 rings (SSSR count). The zero-order valence-electron chi connectivity index (χ0n) is 20.6. The fourth-order valence-electron chi connectivity index (χ4n) is 5.34. The predicted octanol–water partition coefficient (Wildman–Crippen LogP) is 4.45. The zero-order chi connectivity index (χ0) is 24.2. The molecule has 2 bridgehead atoms. The molecule has 4 heterocycles. The van der Waals surface area contributed by atoms with Gasteiger partial charge in [-0.05, 0) is 81.1 Å². The summed E-state index contributed by atoms with van der Waals surface area (Å²) in [7, 11) is 0. The monoisotopic (exact) mass is 511 g/mol. The molecule has 3 saturated heterocycles. The number of halogens is 1. The van der Waals surface area contributed by atoms with Crippen molar-refractivity contribution in [3.05, 3.63) is 59.9 Å². The van der Waals surface area contributed by atoms with Crippen LogP contribution in [0.5, 0.6) is 0 Å². The molecule has 8 heteroatoms. The van der Waals surface area contributed by atoms with E-state index in [2.05, 4.69) is 15.5 Å². The van der Waals surface area contributed by atoms with Gasteiger partial charge in [-0.3, -0.25) is 9.59 Å². The third-order valence-corrected chi connectivity index (χ3v) is 7.22. The second-order valence-electron chi connectivity index (χ2n) is 9.43. The quantitative estimate of drug-likeness (QED) is 0.415. The predicted molar refractivity (Wildman–Crippen MR) is 142 cm³/mol. The maximum absolute atomic E-state index is 13.5. The minimum absolute atomic E-state index is 0. The second-order valence-corrected chi connectivity index (χ2v) is 9.43. The van der Waals surface area contributed by atoms with Gasteiger partial charge in [-0.1, -0.05) is 12.1 Å². The van der Waals surface area contributed by atoms with E-state index in [1.54, 1.807) is 18.4 Å². The number of benzene rings is 1. The van der Waals surface area contributed by atoms with Gasteiger partial charge in [-0.15, -0.1) is 12.4 Å². The Balaban J connectivity index is 0.00000304. The fraction of sp³-hybridized carbons (Fsp3) is 0.429. The number of nitrogens with zero attached hydrogens (tertiary/aromatic N) is 1.